The van der Waals surface area contributed by atoms with Crippen LogP contribution in [0.25, 0.3) is 5.69 Å². The van der Waals surface area contributed by atoms with Crippen molar-refractivity contribution in [3.05, 3.63) is 81.7 Å². The van der Waals surface area contributed by atoms with Crippen LogP contribution in [0.3, 0.4) is 0 Å². The highest BCUT2D eigenvalue weighted by Crippen LogP contribution is 2.34. The molecule has 2 aromatic heterocycles. The van der Waals surface area contributed by atoms with E-state index in [0.717, 1.165) is 42.0 Å². The number of halogens is 3. The van der Waals surface area contributed by atoms with Crippen molar-refractivity contribution in [2.24, 2.45) is 5.92 Å². The number of aliphatic hydroxyl groups excluding tert-OH is 1. The summed E-state index contributed by atoms with van der Waals surface area (Å²) >= 11 is 0. The first-order valence-corrected chi connectivity index (χ1v) is 10.4. The molecule has 1 aromatic carbocycles. The summed E-state index contributed by atoms with van der Waals surface area (Å²) < 4.78 is 43.4. The minimum Gasteiger partial charge on any atom is -0.394 e. The fourth-order valence-electron chi connectivity index (χ4n) is 3.61. The van der Waals surface area contributed by atoms with E-state index in [1.807, 2.05) is 0 Å². The zero-order chi connectivity index (χ0) is 23.5. The van der Waals surface area contributed by atoms with Crippen LogP contribution in [0.1, 0.15) is 24.0 Å². The molecule has 172 valence electrons. The Hall–Kier alpha value is -3.66. The van der Waals surface area contributed by atoms with Gasteiger partial charge in [0.25, 0.3) is 5.56 Å². The first-order valence-electron chi connectivity index (χ1n) is 10.4. The Labute approximate surface area is 187 Å². The van der Waals surface area contributed by atoms with Gasteiger partial charge in [0.1, 0.15) is 17.5 Å². The van der Waals surface area contributed by atoms with Gasteiger partial charge >= 0.3 is 0 Å². The van der Waals surface area contributed by atoms with Gasteiger partial charge in [-0.05, 0) is 37.0 Å². The zero-order valence-electron chi connectivity index (χ0n) is 17.5. The molecular weight excluding hydrogens is 435 g/mol. The van der Waals surface area contributed by atoms with E-state index >= 15 is 0 Å². The average molecular weight is 457 g/mol. The van der Waals surface area contributed by atoms with Crippen LogP contribution in [0.2, 0.25) is 0 Å². The number of nitrogens with zero attached hydrogens (tertiary/aromatic N) is 2. The van der Waals surface area contributed by atoms with Crippen molar-refractivity contribution in [2.45, 2.75) is 25.4 Å². The molecule has 0 amide bonds. The standard InChI is InChI=1S/C23H22F3N5O2/c24-16-2-1-3-17(25)15(16)10-28-19-6-7-31(23(33)14(19)9-27)21-8-22(29-11-18(21)26)30-20(12-32)13-4-5-13/h1-3,6-9,11,13,20,27-28,32H,4-5,10,12H2,(H,29,30). The molecule has 2 heterocycles. The van der Waals surface area contributed by atoms with E-state index in [2.05, 4.69) is 15.6 Å². The Morgan fingerprint density at radius 1 is 1.21 bits per heavy atom. The Morgan fingerprint density at radius 3 is 2.58 bits per heavy atom. The van der Waals surface area contributed by atoms with Gasteiger partial charge < -0.3 is 21.1 Å². The maximum atomic E-state index is 14.6. The molecule has 1 saturated carbocycles. The third kappa shape index (κ3) is 4.75. The minimum atomic E-state index is -0.750. The summed E-state index contributed by atoms with van der Waals surface area (Å²) in [5.74, 6) is -1.60. The minimum absolute atomic E-state index is 0.0835. The number of anilines is 2. The second kappa shape index (κ2) is 9.45. The number of rotatable bonds is 9. The third-order valence-corrected chi connectivity index (χ3v) is 5.61. The highest BCUT2D eigenvalue weighted by molar-refractivity contribution is 5.85. The Bertz CT molecular complexity index is 1220. The van der Waals surface area contributed by atoms with Crippen LogP contribution in [0, 0.1) is 28.8 Å². The van der Waals surface area contributed by atoms with Crippen LogP contribution in [0.15, 0.2) is 47.5 Å². The van der Waals surface area contributed by atoms with Gasteiger partial charge in [0.15, 0.2) is 5.82 Å². The molecule has 1 aliphatic carbocycles. The normalized spacial score (nSPS) is 14.1. The van der Waals surface area contributed by atoms with Crippen molar-refractivity contribution in [3.63, 3.8) is 0 Å². The van der Waals surface area contributed by atoms with Crippen molar-refractivity contribution >= 4 is 17.7 Å². The van der Waals surface area contributed by atoms with Crippen molar-refractivity contribution in [3.8, 4) is 5.69 Å². The lowest BCUT2D eigenvalue weighted by molar-refractivity contribution is 0.263. The Balaban J connectivity index is 1.63. The van der Waals surface area contributed by atoms with E-state index in [-0.39, 0.29) is 41.7 Å². The third-order valence-electron chi connectivity index (χ3n) is 5.61. The number of hydrogen-bond donors (Lipinski definition) is 4. The van der Waals surface area contributed by atoms with E-state index < -0.39 is 23.0 Å². The largest absolute Gasteiger partial charge is 0.394 e. The summed E-state index contributed by atoms with van der Waals surface area (Å²) in [5, 5.41) is 23.0. The molecule has 1 aliphatic rings. The second-order valence-electron chi connectivity index (χ2n) is 7.81. The maximum Gasteiger partial charge on any atom is 0.266 e. The topological polar surface area (TPSA) is 103 Å². The monoisotopic (exact) mass is 457 g/mol. The zero-order valence-corrected chi connectivity index (χ0v) is 17.5. The lowest BCUT2D eigenvalue weighted by Crippen LogP contribution is -2.27. The molecule has 1 unspecified atom stereocenters. The summed E-state index contributed by atoms with van der Waals surface area (Å²) in [7, 11) is 0. The van der Waals surface area contributed by atoms with Crippen molar-refractivity contribution in [1.82, 2.24) is 9.55 Å². The molecular formula is C23H22F3N5O2. The van der Waals surface area contributed by atoms with Gasteiger partial charge in [0, 0.05) is 30.6 Å². The smallest absolute Gasteiger partial charge is 0.266 e. The summed E-state index contributed by atoms with van der Waals surface area (Å²) in [5.41, 5.74) is -0.912. The number of benzene rings is 1. The van der Waals surface area contributed by atoms with Crippen LogP contribution >= 0.6 is 0 Å². The van der Waals surface area contributed by atoms with Crippen molar-refractivity contribution in [2.75, 3.05) is 17.2 Å². The molecule has 0 bridgehead atoms. The van der Waals surface area contributed by atoms with Crippen LogP contribution in [-0.2, 0) is 6.54 Å². The van der Waals surface area contributed by atoms with Gasteiger partial charge in [-0.1, -0.05) is 6.07 Å². The van der Waals surface area contributed by atoms with E-state index in [0.29, 0.717) is 11.7 Å². The maximum absolute atomic E-state index is 14.6. The van der Waals surface area contributed by atoms with E-state index in [1.165, 1.54) is 24.4 Å². The lowest BCUT2D eigenvalue weighted by atomic mass is 10.1. The summed E-state index contributed by atoms with van der Waals surface area (Å²) in [6.07, 6.45) is 5.05. The summed E-state index contributed by atoms with van der Waals surface area (Å²) in [6.45, 7) is -0.343. The van der Waals surface area contributed by atoms with Crippen molar-refractivity contribution in [1.29, 1.82) is 5.41 Å². The first-order chi connectivity index (χ1) is 15.9. The SMILES string of the molecule is N=Cc1c(NCc2c(F)cccc2F)ccn(-c2cc(NC(CO)C3CC3)ncc2F)c1=O. The molecule has 3 aromatic rings. The molecule has 4 rings (SSSR count). The summed E-state index contributed by atoms with van der Waals surface area (Å²) in [6, 6.07) is 6.06. The van der Waals surface area contributed by atoms with Gasteiger partial charge in [0.2, 0.25) is 0 Å². The van der Waals surface area contributed by atoms with E-state index in [9.17, 15) is 23.1 Å². The molecule has 1 atom stereocenters. The number of pyridine rings is 2. The average Bonchev–Trinajstić information content (AvgIpc) is 3.64. The Morgan fingerprint density at radius 2 is 1.94 bits per heavy atom. The molecule has 1 fully saturated rings. The van der Waals surface area contributed by atoms with Crippen molar-refractivity contribution < 1.29 is 18.3 Å². The number of aromatic nitrogens is 2. The van der Waals surface area contributed by atoms with E-state index in [1.54, 1.807) is 0 Å². The van der Waals surface area contributed by atoms with E-state index in [4.69, 9.17) is 5.41 Å². The fraction of sp³-hybridized carbons (Fsp3) is 0.261. The van der Waals surface area contributed by atoms with Gasteiger partial charge in [0.05, 0.1) is 35.8 Å². The fourth-order valence-corrected chi connectivity index (χ4v) is 3.61. The summed E-state index contributed by atoms with van der Waals surface area (Å²) in [4.78, 5) is 17.0. The quantitative estimate of drug-likeness (QED) is 0.369. The highest BCUT2D eigenvalue weighted by atomic mass is 19.1. The molecule has 7 nitrogen and oxygen atoms in total. The number of aliphatic hydroxyl groups is 1. The molecule has 0 aliphatic heterocycles. The molecule has 10 heteroatoms. The van der Waals surface area contributed by atoms with Gasteiger partial charge in [-0.2, -0.15) is 0 Å². The van der Waals surface area contributed by atoms with Crippen LogP contribution in [0.5, 0.6) is 0 Å². The highest BCUT2D eigenvalue weighted by Gasteiger charge is 2.31. The van der Waals surface area contributed by atoms with Gasteiger partial charge in [-0.15, -0.1) is 0 Å². The number of hydrogen-bond acceptors (Lipinski definition) is 6. The second-order valence-corrected chi connectivity index (χ2v) is 7.81. The molecule has 0 radical (unpaired) electrons. The Kier molecular flexibility index (Phi) is 6.45. The molecule has 0 saturated heterocycles. The number of nitrogens with one attached hydrogen (secondary N) is 3. The molecule has 0 spiro atoms. The van der Waals surface area contributed by atoms with Crippen LogP contribution in [-0.4, -0.2) is 33.5 Å². The predicted molar refractivity (Wildman–Crippen MR) is 119 cm³/mol. The molecule has 33 heavy (non-hydrogen) atoms. The first kappa shape index (κ1) is 22.5. The van der Waals surface area contributed by atoms with Gasteiger partial charge in [-0.3, -0.25) is 9.36 Å². The van der Waals surface area contributed by atoms with Crippen LogP contribution in [0.4, 0.5) is 24.7 Å². The predicted octanol–water partition coefficient (Wildman–Crippen LogP) is 3.44. The van der Waals surface area contributed by atoms with Gasteiger partial charge in [-0.25, -0.2) is 18.2 Å². The molecule has 4 N–H and O–H groups in total. The van der Waals surface area contributed by atoms with Crippen LogP contribution < -0.4 is 16.2 Å². The lowest BCUT2D eigenvalue weighted by Gasteiger charge is -2.18.